The molecule has 0 radical (unpaired) electrons. The van der Waals surface area contributed by atoms with Crippen LogP contribution < -0.4 is 5.73 Å². The van der Waals surface area contributed by atoms with Gasteiger partial charge in [-0.05, 0) is 56.4 Å². The van der Waals surface area contributed by atoms with E-state index >= 15 is 0 Å². The summed E-state index contributed by atoms with van der Waals surface area (Å²) in [5, 5.41) is 0. The molecule has 0 bridgehead atoms. The number of nitrogens with zero attached hydrogens (tertiary/aromatic N) is 1. The van der Waals surface area contributed by atoms with Gasteiger partial charge >= 0.3 is 0 Å². The number of aryl methyl sites for hydroxylation is 3. The summed E-state index contributed by atoms with van der Waals surface area (Å²) < 4.78 is 0. The Kier molecular flexibility index (Phi) is 4.69. The molecule has 1 aromatic carbocycles. The van der Waals surface area contributed by atoms with Gasteiger partial charge in [0.25, 0.3) is 0 Å². The first-order valence-corrected chi connectivity index (χ1v) is 6.85. The second-order valence-electron chi connectivity index (χ2n) is 5.35. The Morgan fingerprint density at radius 1 is 1.00 bits per heavy atom. The highest BCUT2D eigenvalue weighted by Crippen LogP contribution is 2.12. The zero-order chi connectivity index (χ0) is 13.7. The maximum absolute atomic E-state index is 6.24. The minimum absolute atomic E-state index is 0.217. The van der Waals surface area contributed by atoms with Crippen molar-refractivity contribution in [3.63, 3.8) is 0 Å². The summed E-state index contributed by atoms with van der Waals surface area (Å²) in [4.78, 5) is 4.03. The normalized spacial score (nSPS) is 12.4. The smallest absolute Gasteiger partial charge is 0.0270 e. The minimum Gasteiger partial charge on any atom is -0.327 e. The van der Waals surface area contributed by atoms with Gasteiger partial charge in [-0.25, -0.2) is 0 Å². The summed E-state index contributed by atoms with van der Waals surface area (Å²) in [5.41, 5.74) is 11.5. The highest BCUT2D eigenvalue weighted by Gasteiger charge is 2.05. The van der Waals surface area contributed by atoms with Crippen molar-refractivity contribution in [3.8, 4) is 0 Å². The van der Waals surface area contributed by atoms with Crippen molar-refractivity contribution in [2.45, 2.75) is 39.2 Å². The molecule has 0 spiro atoms. The van der Waals surface area contributed by atoms with Crippen LogP contribution in [0.5, 0.6) is 0 Å². The van der Waals surface area contributed by atoms with E-state index in [9.17, 15) is 0 Å². The molecule has 2 N–H and O–H groups in total. The van der Waals surface area contributed by atoms with Gasteiger partial charge in [-0.1, -0.05) is 29.3 Å². The van der Waals surface area contributed by atoms with E-state index in [1.165, 1.54) is 22.3 Å². The van der Waals surface area contributed by atoms with Crippen molar-refractivity contribution in [2.75, 3.05) is 0 Å². The van der Waals surface area contributed by atoms with E-state index in [-0.39, 0.29) is 6.04 Å². The third-order valence-corrected chi connectivity index (χ3v) is 3.33. The second-order valence-corrected chi connectivity index (χ2v) is 5.35. The molecule has 0 fully saturated rings. The first-order valence-electron chi connectivity index (χ1n) is 6.85. The molecule has 1 aromatic heterocycles. The Balaban J connectivity index is 1.89. The number of pyridine rings is 1. The van der Waals surface area contributed by atoms with Gasteiger partial charge in [-0.3, -0.25) is 4.98 Å². The average molecular weight is 254 g/mol. The van der Waals surface area contributed by atoms with Crippen LogP contribution in [0.25, 0.3) is 0 Å². The Morgan fingerprint density at radius 2 is 1.63 bits per heavy atom. The Bertz CT molecular complexity index is 500. The van der Waals surface area contributed by atoms with E-state index in [1.54, 1.807) is 0 Å². The fourth-order valence-corrected chi connectivity index (χ4v) is 2.49. The van der Waals surface area contributed by atoms with E-state index in [0.29, 0.717) is 0 Å². The summed E-state index contributed by atoms with van der Waals surface area (Å²) in [6.45, 7) is 4.28. The van der Waals surface area contributed by atoms with Gasteiger partial charge in [0.15, 0.2) is 0 Å². The monoisotopic (exact) mass is 254 g/mol. The molecule has 2 heteroatoms. The van der Waals surface area contributed by atoms with Gasteiger partial charge in [0.2, 0.25) is 0 Å². The molecule has 100 valence electrons. The molecular weight excluding hydrogens is 232 g/mol. The highest BCUT2D eigenvalue weighted by molar-refractivity contribution is 5.29. The quantitative estimate of drug-likeness (QED) is 0.890. The third-order valence-electron chi connectivity index (χ3n) is 3.33. The van der Waals surface area contributed by atoms with Crippen molar-refractivity contribution in [1.29, 1.82) is 0 Å². The second kappa shape index (κ2) is 6.48. The fraction of sp³-hybridized carbons (Fsp3) is 0.353. The zero-order valence-corrected chi connectivity index (χ0v) is 11.8. The molecule has 2 rings (SSSR count). The van der Waals surface area contributed by atoms with Gasteiger partial charge < -0.3 is 5.73 Å². The molecule has 1 unspecified atom stereocenters. The van der Waals surface area contributed by atoms with Crippen LogP contribution in [0.1, 0.15) is 28.7 Å². The van der Waals surface area contributed by atoms with E-state index < -0.39 is 0 Å². The van der Waals surface area contributed by atoms with Crippen molar-refractivity contribution >= 4 is 0 Å². The standard InChI is InChI=1S/C17H22N2/c1-13-9-14(2)11-16(10-13)12-17(18)4-3-15-5-7-19-8-6-15/h5-11,17H,3-4,12,18H2,1-2H3. The number of nitrogens with two attached hydrogens (primary N) is 1. The topological polar surface area (TPSA) is 38.9 Å². The van der Waals surface area contributed by atoms with Crippen LogP contribution in [-0.2, 0) is 12.8 Å². The molecule has 1 heterocycles. The summed E-state index contributed by atoms with van der Waals surface area (Å²) in [5.74, 6) is 0. The van der Waals surface area contributed by atoms with Crippen LogP contribution in [0.3, 0.4) is 0 Å². The first-order chi connectivity index (χ1) is 9.13. The third kappa shape index (κ3) is 4.49. The van der Waals surface area contributed by atoms with E-state index in [2.05, 4.69) is 49.2 Å². The largest absolute Gasteiger partial charge is 0.327 e. The molecule has 2 aromatic rings. The van der Waals surface area contributed by atoms with E-state index in [0.717, 1.165) is 19.3 Å². The van der Waals surface area contributed by atoms with Crippen molar-refractivity contribution in [3.05, 3.63) is 65.0 Å². The van der Waals surface area contributed by atoms with Crippen LogP contribution in [0.2, 0.25) is 0 Å². The maximum atomic E-state index is 6.24. The minimum atomic E-state index is 0.217. The molecule has 0 aliphatic heterocycles. The van der Waals surface area contributed by atoms with Gasteiger partial charge in [-0.15, -0.1) is 0 Å². The SMILES string of the molecule is Cc1cc(C)cc(CC(N)CCc2ccncc2)c1. The van der Waals surface area contributed by atoms with E-state index in [1.807, 2.05) is 12.4 Å². The Hall–Kier alpha value is -1.67. The molecular formula is C17H22N2. The molecule has 0 saturated heterocycles. The predicted molar refractivity (Wildman–Crippen MR) is 80.2 cm³/mol. The zero-order valence-electron chi connectivity index (χ0n) is 11.8. The molecule has 0 amide bonds. The van der Waals surface area contributed by atoms with Gasteiger partial charge in [0.1, 0.15) is 0 Å². The van der Waals surface area contributed by atoms with Crippen LogP contribution in [0.4, 0.5) is 0 Å². The van der Waals surface area contributed by atoms with E-state index in [4.69, 9.17) is 5.73 Å². The highest BCUT2D eigenvalue weighted by atomic mass is 14.6. The van der Waals surface area contributed by atoms with Gasteiger partial charge in [0, 0.05) is 18.4 Å². The summed E-state index contributed by atoms with van der Waals surface area (Å²) in [6.07, 6.45) is 6.66. The Labute approximate surface area is 115 Å². The van der Waals surface area contributed by atoms with Crippen LogP contribution >= 0.6 is 0 Å². The van der Waals surface area contributed by atoms with Crippen molar-refractivity contribution < 1.29 is 0 Å². The number of aromatic nitrogens is 1. The lowest BCUT2D eigenvalue weighted by molar-refractivity contribution is 0.610. The first kappa shape index (κ1) is 13.8. The fourth-order valence-electron chi connectivity index (χ4n) is 2.49. The molecule has 19 heavy (non-hydrogen) atoms. The number of hydrogen-bond acceptors (Lipinski definition) is 2. The van der Waals surface area contributed by atoms with Gasteiger partial charge in [-0.2, -0.15) is 0 Å². The lowest BCUT2D eigenvalue weighted by Crippen LogP contribution is -2.23. The van der Waals surface area contributed by atoms with Crippen molar-refractivity contribution in [1.82, 2.24) is 4.98 Å². The molecule has 0 aliphatic rings. The Morgan fingerprint density at radius 3 is 2.26 bits per heavy atom. The number of rotatable bonds is 5. The average Bonchev–Trinajstić information content (AvgIpc) is 2.36. The van der Waals surface area contributed by atoms with Gasteiger partial charge in [0.05, 0.1) is 0 Å². The number of hydrogen-bond donors (Lipinski definition) is 1. The molecule has 0 saturated carbocycles. The lowest BCUT2D eigenvalue weighted by Gasteiger charge is -2.13. The summed E-state index contributed by atoms with van der Waals surface area (Å²) in [6, 6.07) is 11.0. The van der Waals surface area contributed by atoms with Crippen LogP contribution in [0, 0.1) is 13.8 Å². The van der Waals surface area contributed by atoms with Crippen LogP contribution in [0.15, 0.2) is 42.7 Å². The predicted octanol–water partition coefficient (Wildman–Crippen LogP) is 3.20. The molecule has 2 nitrogen and oxygen atoms in total. The maximum Gasteiger partial charge on any atom is 0.0270 e. The summed E-state index contributed by atoms with van der Waals surface area (Å²) >= 11 is 0. The van der Waals surface area contributed by atoms with Crippen LogP contribution in [-0.4, -0.2) is 11.0 Å². The molecule has 1 atom stereocenters. The molecule has 0 aliphatic carbocycles. The summed E-state index contributed by atoms with van der Waals surface area (Å²) in [7, 11) is 0. The number of benzene rings is 1. The van der Waals surface area contributed by atoms with Crippen molar-refractivity contribution in [2.24, 2.45) is 5.73 Å². The lowest BCUT2D eigenvalue weighted by atomic mass is 9.98.